The number of fused-ring (bicyclic) bond motifs is 1. The number of rotatable bonds is 1. The van der Waals surface area contributed by atoms with Crippen molar-refractivity contribution in [1.82, 2.24) is 4.98 Å². The normalized spacial score (nSPS) is 10.7. The van der Waals surface area contributed by atoms with Gasteiger partial charge in [-0.25, -0.2) is 4.39 Å². The molecule has 1 aromatic carbocycles. The summed E-state index contributed by atoms with van der Waals surface area (Å²) in [6, 6.07) is 4.44. The maximum Gasteiger partial charge on any atom is 0.134 e. The standard InChI is InChI=1S/C10H9ClFN3/c1-5-4-8(15-13)9-7(12)3-2-6(11)10(9)14-5/h2-4H,13H2,1H3,(H,14,15). The van der Waals surface area contributed by atoms with E-state index in [-0.39, 0.29) is 0 Å². The number of hydrogen-bond donors (Lipinski definition) is 2. The quantitative estimate of drug-likeness (QED) is 0.580. The second kappa shape index (κ2) is 3.64. The van der Waals surface area contributed by atoms with Gasteiger partial charge in [0, 0.05) is 5.69 Å². The minimum Gasteiger partial charge on any atom is -0.323 e. The third-order valence-electron chi connectivity index (χ3n) is 2.14. The Labute approximate surface area is 91.0 Å². The molecule has 2 rings (SSSR count). The number of hydrazine groups is 1. The molecule has 15 heavy (non-hydrogen) atoms. The highest BCUT2D eigenvalue weighted by Crippen LogP contribution is 2.30. The Morgan fingerprint density at radius 1 is 1.47 bits per heavy atom. The first-order valence-electron chi connectivity index (χ1n) is 4.35. The number of aryl methyl sites for hydroxylation is 1. The molecule has 0 aliphatic rings. The van der Waals surface area contributed by atoms with Crippen molar-refractivity contribution in [3.05, 3.63) is 34.7 Å². The number of hydrogen-bond acceptors (Lipinski definition) is 3. The molecule has 0 bridgehead atoms. The minimum atomic E-state index is -0.394. The summed E-state index contributed by atoms with van der Waals surface area (Å²) in [5.74, 6) is 4.92. The molecule has 0 aliphatic heterocycles. The number of nitrogens with two attached hydrogens (primary N) is 1. The van der Waals surface area contributed by atoms with Gasteiger partial charge in [0.25, 0.3) is 0 Å². The zero-order chi connectivity index (χ0) is 11.0. The number of nitrogens with zero attached hydrogens (tertiary/aromatic N) is 1. The van der Waals surface area contributed by atoms with Crippen LogP contribution in [0.3, 0.4) is 0 Å². The highest BCUT2D eigenvalue weighted by molar-refractivity contribution is 6.35. The smallest absolute Gasteiger partial charge is 0.134 e. The number of benzene rings is 1. The first kappa shape index (κ1) is 10.1. The van der Waals surface area contributed by atoms with Crippen LogP contribution in [0.1, 0.15) is 5.69 Å². The Morgan fingerprint density at radius 3 is 2.87 bits per heavy atom. The molecule has 0 fully saturated rings. The predicted molar refractivity (Wildman–Crippen MR) is 59.3 cm³/mol. The first-order chi connectivity index (χ1) is 7.13. The lowest BCUT2D eigenvalue weighted by molar-refractivity contribution is 0.640. The van der Waals surface area contributed by atoms with Crippen molar-refractivity contribution in [2.24, 2.45) is 5.84 Å². The van der Waals surface area contributed by atoms with E-state index in [2.05, 4.69) is 10.4 Å². The van der Waals surface area contributed by atoms with Crippen molar-refractivity contribution in [1.29, 1.82) is 0 Å². The van der Waals surface area contributed by atoms with E-state index in [1.54, 1.807) is 13.0 Å². The summed E-state index contributed by atoms with van der Waals surface area (Å²) in [5, 5.41) is 0.724. The molecule has 0 spiro atoms. The van der Waals surface area contributed by atoms with E-state index in [0.29, 0.717) is 21.6 Å². The fourth-order valence-corrected chi connectivity index (χ4v) is 1.71. The van der Waals surface area contributed by atoms with Crippen LogP contribution in [0, 0.1) is 12.7 Å². The highest BCUT2D eigenvalue weighted by atomic mass is 35.5. The monoisotopic (exact) mass is 225 g/mol. The fraction of sp³-hybridized carbons (Fsp3) is 0.100. The second-order valence-corrected chi connectivity index (χ2v) is 3.62. The summed E-state index contributed by atoms with van der Waals surface area (Å²) in [6.45, 7) is 1.79. The van der Waals surface area contributed by atoms with Crippen LogP contribution in [0.2, 0.25) is 5.02 Å². The maximum absolute atomic E-state index is 13.6. The summed E-state index contributed by atoms with van der Waals surface area (Å²) < 4.78 is 13.6. The number of pyridine rings is 1. The van der Waals surface area contributed by atoms with E-state index in [0.717, 1.165) is 5.69 Å². The number of aromatic nitrogens is 1. The van der Waals surface area contributed by atoms with Crippen LogP contribution >= 0.6 is 11.6 Å². The Bertz CT molecular complexity index is 528. The van der Waals surface area contributed by atoms with Crippen LogP contribution in [0.15, 0.2) is 18.2 Å². The topological polar surface area (TPSA) is 50.9 Å². The number of anilines is 1. The second-order valence-electron chi connectivity index (χ2n) is 3.21. The van der Waals surface area contributed by atoms with Gasteiger partial charge in [0.15, 0.2) is 0 Å². The van der Waals surface area contributed by atoms with Gasteiger partial charge in [-0.1, -0.05) is 11.6 Å². The molecule has 0 unspecified atom stereocenters. The zero-order valence-corrected chi connectivity index (χ0v) is 8.77. The molecule has 1 aromatic heterocycles. The zero-order valence-electron chi connectivity index (χ0n) is 8.01. The molecule has 0 atom stereocenters. The van der Waals surface area contributed by atoms with Gasteiger partial charge < -0.3 is 5.43 Å². The molecule has 0 aliphatic carbocycles. The van der Waals surface area contributed by atoms with Crippen LogP contribution in [0.5, 0.6) is 0 Å². The van der Waals surface area contributed by atoms with E-state index >= 15 is 0 Å². The molecule has 2 aromatic rings. The van der Waals surface area contributed by atoms with Gasteiger partial charge in [-0.15, -0.1) is 0 Å². The largest absolute Gasteiger partial charge is 0.323 e. The van der Waals surface area contributed by atoms with E-state index < -0.39 is 5.82 Å². The van der Waals surface area contributed by atoms with Crippen molar-refractivity contribution in [2.75, 3.05) is 5.43 Å². The Hall–Kier alpha value is -1.39. The summed E-state index contributed by atoms with van der Waals surface area (Å²) in [5.41, 5.74) is 4.07. The molecular formula is C10H9ClFN3. The van der Waals surface area contributed by atoms with Gasteiger partial charge in [-0.05, 0) is 25.1 Å². The van der Waals surface area contributed by atoms with E-state index in [9.17, 15) is 4.39 Å². The van der Waals surface area contributed by atoms with Crippen molar-refractivity contribution in [3.63, 3.8) is 0 Å². The summed E-state index contributed by atoms with van der Waals surface area (Å²) in [6.07, 6.45) is 0. The molecular weight excluding hydrogens is 217 g/mol. The van der Waals surface area contributed by atoms with Crippen LogP contribution in [0.4, 0.5) is 10.1 Å². The molecule has 0 saturated carbocycles. The van der Waals surface area contributed by atoms with Gasteiger partial charge >= 0.3 is 0 Å². The first-order valence-corrected chi connectivity index (χ1v) is 4.73. The Balaban J connectivity index is 2.95. The lowest BCUT2D eigenvalue weighted by Crippen LogP contribution is -2.08. The van der Waals surface area contributed by atoms with E-state index in [1.165, 1.54) is 12.1 Å². The Kier molecular flexibility index (Phi) is 2.46. The average molecular weight is 226 g/mol. The number of nitrogen functional groups attached to an aromatic ring is 1. The van der Waals surface area contributed by atoms with E-state index in [1.807, 2.05) is 0 Å². The van der Waals surface area contributed by atoms with Gasteiger partial charge in [-0.3, -0.25) is 10.8 Å². The SMILES string of the molecule is Cc1cc(NN)c2c(F)ccc(Cl)c2n1. The van der Waals surface area contributed by atoms with Crippen LogP contribution in [0.25, 0.3) is 10.9 Å². The average Bonchev–Trinajstić information content (AvgIpc) is 2.22. The summed E-state index contributed by atoms with van der Waals surface area (Å²) in [7, 11) is 0. The van der Waals surface area contributed by atoms with Crippen molar-refractivity contribution in [2.45, 2.75) is 6.92 Å². The third-order valence-corrected chi connectivity index (χ3v) is 2.45. The minimum absolute atomic E-state index is 0.315. The predicted octanol–water partition coefficient (Wildman–Crippen LogP) is 2.62. The van der Waals surface area contributed by atoms with Gasteiger partial charge in [-0.2, -0.15) is 0 Å². The molecule has 3 nitrogen and oxygen atoms in total. The summed E-state index contributed by atoms with van der Waals surface area (Å²) in [4.78, 5) is 4.18. The highest BCUT2D eigenvalue weighted by Gasteiger charge is 2.10. The van der Waals surface area contributed by atoms with Gasteiger partial charge in [0.05, 0.1) is 21.6 Å². The fourth-order valence-electron chi connectivity index (χ4n) is 1.51. The van der Waals surface area contributed by atoms with Crippen LogP contribution in [-0.4, -0.2) is 4.98 Å². The maximum atomic E-state index is 13.6. The Morgan fingerprint density at radius 2 is 2.20 bits per heavy atom. The van der Waals surface area contributed by atoms with Gasteiger partial charge in [0.2, 0.25) is 0 Å². The van der Waals surface area contributed by atoms with Crippen molar-refractivity contribution in [3.8, 4) is 0 Å². The molecule has 0 saturated heterocycles. The molecule has 78 valence electrons. The van der Waals surface area contributed by atoms with Crippen LogP contribution in [-0.2, 0) is 0 Å². The molecule has 0 amide bonds. The van der Waals surface area contributed by atoms with Gasteiger partial charge in [0.1, 0.15) is 5.82 Å². The lowest BCUT2D eigenvalue weighted by Gasteiger charge is -2.08. The van der Waals surface area contributed by atoms with Crippen molar-refractivity contribution >= 4 is 28.2 Å². The van der Waals surface area contributed by atoms with Crippen molar-refractivity contribution < 1.29 is 4.39 Å². The summed E-state index contributed by atoms with van der Waals surface area (Å²) >= 11 is 5.93. The number of nitrogens with one attached hydrogen (secondary N) is 1. The molecule has 0 radical (unpaired) electrons. The lowest BCUT2D eigenvalue weighted by atomic mass is 10.1. The third kappa shape index (κ3) is 1.62. The number of halogens is 2. The van der Waals surface area contributed by atoms with Crippen LogP contribution < -0.4 is 11.3 Å². The van der Waals surface area contributed by atoms with E-state index in [4.69, 9.17) is 17.4 Å². The molecule has 1 heterocycles. The molecule has 5 heteroatoms. The molecule has 3 N–H and O–H groups in total.